The van der Waals surface area contributed by atoms with Crippen molar-refractivity contribution >= 4 is 0 Å². The van der Waals surface area contributed by atoms with Crippen LogP contribution in [0.1, 0.15) is 19.8 Å². The van der Waals surface area contributed by atoms with Crippen LogP contribution in [0.5, 0.6) is 0 Å². The second kappa shape index (κ2) is 6.38. The fourth-order valence-electron chi connectivity index (χ4n) is 2.28. The van der Waals surface area contributed by atoms with Gasteiger partial charge in [0.2, 0.25) is 0 Å². The molecule has 1 aliphatic rings. The molecule has 0 spiro atoms. The predicted octanol–water partition coefficient (Wildman–Crippen LogP) is 0.953. The third kappa shape index (κ3) is 3.23. The van der Waals surface area contributed by atoms with Crippen molar-refractivity contribution in [1.29, 1.82) is 0 Å². The summed E-state index contributed by atoms with van der Waals surface area (Å²) in [4.78, 5) is 2.48. The van der Waals surface area contributed by atoms with Crippen molar-refractivity contribution in [2.45, 2.75) is 25.8 Å². The molecule has 3 nitrogen and oxygen atoms in total. The van der Waals surface area contributed by atoms with Crippen LogP contribution in [0, 0.1) is 5.92 Å². The van der Waals surface area contributed by atoms with E-state index in [2.05, 4.69) is 24.2 Å². The van der Waals surface area contributed by atoms with E-state index in [4.69, 9.17) is 4.74 Å². The maximum absolute atomic E-state index is 5.07. The van der Waals surface area contributed by atoms with Crippen LogP contribution in [-0.4, -0.2) is 51.3 Å². The zero-order chi connectivity index (χ0) is 10.4. The monoisotopic (exact) mass is 200 g/mol. The number of nitrogens with zero attached hydrogens (tertiary/aromatic N) is 1. The number of methoxy groups -OCH3 is 1. The molecule has 84 valence electrons. The van der Waals surface area contributed by atoms with E-state index in [0.717, 1.165) is 38.1 Å². The fourth-order valence-corrected chi connectivity index (χ4v) is 2.28. The molecule has 0 bridgehead atoms. The van der Waals surface area contributed by atoms with E-state index in [9.17, 15) is 0 Å². The molecule has 0 aromatic heterocycles. The number of hydrogen-bond donors (Lipinski definition) is 1. The van der Waals surface area contributed by atoms with E-state index in [1.54, 1.807) is 7.11 Å². The Bertz CT molecular complexity index is 152. The molecule has 1 N–H and O–H groups in total. The van der Waals surface area contributed by atoms with Gasteiger partial charge in [-0.3, -0.25) is 0 Å². The maximum atomic E-state index is 5.07. The molecule has 0 saturated carbocycles. The first-order chi connectivity index (χ1) is 6.79. The minimum absolute atomic E-state index is 0.733. The lowest BCUT2D eigenvalue weighted by Gasteiger charge is -2.28. The molecule has 2 atom stereocenters. The van der Waals surface area contributed by atoms with E-state index < -0.39 is 0 Å². The minimum Gasteiger partial charge on any atom is -0.385 e. The van der Waals surface area contributed by atoms with Crippen LogP contribution in [0.4, 0.5) is 0 Å². The maximum Gasteiger partial charge on any atom is 0.0474 e. The van der Waals surface area contributed by atoms with Crippen molar-refractivity contribution < 1.29 is 4.74 Å². The Morgan fingerprint density at radius 1 is 1.43 bits per heavy atom. The lowest BCUT2D eigenvalue weighted by atomic mass is 10.00. The zero-order valence-corrected chi connectivity index (χ0v) is 9.75. The average molecular weight is 200 g/mol. The van der Waals surface area contributed by atoms with Crippen LogP contribution < -0.4 is 5.32 Å². The van der Waals surface area contributed by atoms with Gasteiger partial charge in [0, 0.05) is 32.8 Å². The first-order valence-electron chi connectivity index (χ1n) is 5.69. The second-order valence-electron chi connectivity index (χ2n) is 4.22. The van der Waals surface area contributed by atoms with Crippen LogP contribution >= 0.6 is 0 Å². The van der Waals surface area contributed by atoms with E-state index >= 15 is 0 Å². The highest BCUT2D eigenvalue weighted by molar-refractivity contribution is 4.86. The molecule has 0 aromatic rings. The zero-order valence-electron chi connectivity index (χ0n) is 9.75. The summed E-state index contributed by atoms with van der Waals surface area (Å²) >= 11 is 0. The SMILES string of the molecule is CCC1CNCC1N(C)CCCOC. The minimum atomic E-state index is 0.733. The van der Waals surface area contributed by atoms with Gasteiger partial charge in [-0.15, -0.1) is 0 Å². The van der Waals surface area contributed by atoms with Gasteiger partial charge in [0.15, 0.2) is 0 Å². The van der Waals surface area contributed by atoms with Gasteiger partial charge in [0.25, 0.3) is 0 Å². The normalized spacial score (nSPS) is 27.4. The van der Waals surface area contributed by atoms with Crippen LogP contribution in [0.25, 0.3) is 0 Å². The topological polar surface area (TPSA) is 24.5 Å². The van der Waals surface area contributed by atoms with Crippen molar-refractivity contribution in [3.05, 3.63) is 0 Å². The molecule has 1 heterocycles. The Hall–Kier alpha value is -0.120. The van der Waals surface area contributed by atoms with E-state index in [1.165, 1.54) is 13.0 Å². The summed E-state index contributed by atoms with van der Waals surface area (Å²) in [6, 6.07) is 0.733. The number of hydrogen-bond acceptors (Lipinski definition) is 3. The Balaban J connectivity index is 2.24. The Labute approximate surface area is 87.8 Å². The summed E-state index contributed by atoms with van der Waals surface area (Å²) in [6.07, 6.45) is 2.42. The number of ether oxygens (including phenoxy) is 1. The fraction of sp³-hybridized carbons (Fsp3) is 1.00. The summed E-state index contributed by atoms with van der Waals surface area (Å²) in [5, 5.41) is 3.47. The van der Waals surface area contributed by atoms with Crippen LogP contribution in [-0.2, 0) is 4.74 Å². The predicted molar refractivity (Wildman–Crippen MR) is 59.6 cm³/mol. The molecule has 1 rings (SSSR count). The number of likely N-dealkylation sites (N-methyl/N-ethyl adjacent to an activating group) is 1. The third-order valence-corrected chi connectivity index (χ3v) is 3.25. The standard InChI is InChI=1S/C11H24N2O/c1-4-10-8-12-9-11(10)13(2)6-5-7-14-3/h10-12H,4-9H2,1-3H3. The van der Waals surface area contributed by atoms with Crippen molar-refractivity contribution in [2.24, 2.45) is 5.92 Å². The first-order valence-corrected chi connectivity index (χ1v) is 5.69. The summed E-state index contributed by atoms with van der Waals surface area (Å²) in [6.45, 7) is 6.66. The van der Waals surface area contributed by atoms with Crippen molar-refractivity contribution in [3.8, 4) is 0 Å². The van der Waals surface area contributed by atoms with Gasteiger partial charge in [-0.2, -0.15) is 0 Å². The van der Waals surface area contributed by atoms with Crippen molar-refractivity contribution in [1.82, 2.24) is 10.2 Å². The average Bonchev–Trinajstić information content (AvgIpc) is 2.65. The Kier molecular flexibility index (Phi) is 5.45. The largest absolute Gasteiger partial charge is 0.385 e. The van der Waals surface area contributed by atoms with Crippen molar-refractivity contribution in [3.63, 3.8) is 0 Å². The third-order valence-electron chi connectivity index (χ3n) is 3.25. The van der Waals surface area contributed by atoms with Crippen LogP contribution in [0.2, 0.25) is 0 Å². The lowest BCUT2D eigenvalue weighted by Crippen LogP contribution is -2.38. The smallest absolute Gasteiger partial charge is 0.0474 e. The second-order valence-corrected chi connectivity index (χ2v) is 4.22. The van der Waals surface area contributed by atoms with Gasteiger partial charge < -0.3 is 15.0 Å². The van der Waals surface area contributed by atoms with Gasteiger partial charge in [-0.1, -0.05) is 13.3 Å². The number of nitrogens with one attached hydrogen (secondary N) is 1. The Morgan fingerprint density at radius 2 is 2.21 bits per heavy atom. The molecular formula is C11H24N2O. The van der Waals surface area contributed by atoms with Gasteiger partial charge in [-0.25, -0.2) is 0 Å². The molecule has 2 unspecified atom stereocenters. The summed E-state index contributed by atoms with van der Waals surface area (Å²) in [7, 11) is 4.00. The van der Waals surface area contributed by atoms with Crippen molar-refractivity contribution in [2.75, 3.05) is 40.4 Å². The molecule has 14 heavy (non-hydrogen) atoms. The summed E-state index contributed by atoms with van der Waals surface area (Å²) in [5.41, 5.74) is 0. The molecule has 0 aromatic carbocycles. The molecule has 0 radical (unpaired) electrons. The molecule has 0 amide bonds. The summed E-state index contributed by atoms with van der Waals surface area (Å²) in [5.74, 6) is 0.836. The van der Waals surface area contributed by atoms with E-state index in [-0.39, 0.29) is 0 Å². The highest BCUT2D eigenvalue weighted by Gasteiger charge is 2.28. The molecular weight excluding hydrogens is 176 g/mol. The first kappa shape index (κ1) is 12.0. The van der Waals surface area contributed by atoms with Gasteiger partial charge >= 0.3 is 0 Å². The number of rotatable bonds is 6. The van der Waals surface area contributed by atoms with E-state index in [1.807, 2.05) is 0 Å². The van der Waals surface area contributed by atoms with Crippen LogP contribution in [0.3, 0.4) is 0 Å². The van der Waals surface area contributed by atoms with Crippen LogP contribution in [0.15, 0.2) is 0 Å². The molecule has 3 heteroatoms. The van der Waals surface area contributed by atoms with Gasteiger partial charge in [-0.05, 0) is 25.9 Å². The Morgan fingerprint density at radius 3 is 2.86 bits per heavy atom. The molecule has 1 saturated heterocycles. The lowest BCUT2D eigenvalue weighted by molar-refractivity contribution is 0.156. The highest BCUT2D eigenvalue weighted by Crippen LogP contribution is 2.17. The summed E-state index contributed by atoms with van der Waals surface area (Å²) < 4.78 is 5.07. The quantitative estimate of drug-likeness (QED) is 0.646. The molecule has 1 aliphatic heterocycles. The van der Waals surface area contributed by atoms with E-state index in [0.29, 0.717) is 0 Å². The van der Waals surface area contributed by atoms with Gasteiger partial charge in [0.1, 0.15) is 0 Å². The molecule has 0 aliphatic carbocycles. The highest BCUT2D eigenvalue weighted by atomic mass is 16.5. The molecule has 1 fully saturated rings. The van der Waals surface area contributed by atoms with Gasteiger partial charge in [0.05, 0.1) is 0 Å².